The molecule has 0 bridgehead atoms. The first-order valence-corrected chi connectivity index (χ1v) is 7.73. The maximum absolute atomic E-state index is 12.1. The van der Waals surface area contributed by atoms with Crippen molar-refractivity contribution in [2.24, 2.45) is 0 Å². The van der Waals surface area contributed by atoms with E-state index < -0.39 is 10.0 Å². The van der Waals surface area contributed by atoms with E-state index in [9.17, 15) is 8.42 Å². The van der Waals surface area contributed by atoms with Crippen LogP contribution in [-0.4, -0.2) is 25.2 Å². The van der Waals surface area contributed by atoms with Crippen molar-refractivity contribution in [2.75, 3.05) is 6.54 Å². The van der Waals surface area contributed by atoms with Crippen molar-refractivity contribution in [3.05, 3.63) is 41.1 Å². The van der Waals surface area contributed by atoms with Crippen molar-refractivity contribution in [3.8, 4) is 0 Å². The molecule has 1 aromatic carbocycles. The Morgan fingerprint density at radius 1 is 1.15 bits per heavy atom. The molecule has 108 valence electrons. The molecule has 0 fully saturated rings. The Balaban J connectivity index is 2.02. The minimum absolute atomic E-state index is 0.219. The normalized spacial score (nSPS) is 11.8. The number of benzene rings is 1. The van der Waals surface area contributed by atoms with Crippen molar-refractivity contribution in [3.63, 3.8) is 0 Å². The van der Waals surface area contributed by atoms with Crippen molar-refractivity contribution in [1.29, 1.82) is 0 Å². The lowest BCUT2D eigenvalue weighted by molar-refractivity contribution is 0.466. The predicted octanol–water partition coefficient (Wildman–Crippen LogP) is 1.52. The van der Waals surface area contributed by atoms with E-state index in [1.807, 2.05) is 13.8 Å². The summed E-state index contributed by atoms with van der Waals surface area (Å²) < 4.78 is 31.9. The minimum Gasteiger partial charge on any atom is -0.426 e. The van der Waals surface area contributed by atoms with Gasteiger partial charge in [0.1, 0.15) is 0 Å². The molecule has 0 aliphatic heterocycles. The number of nitrogens with one attached hydrogen (secondary N) is 1. The fraction of sp³-hybridized carbons (Fsp3) is 0.385. The van der Waals surface area contributed by atoms with Gasteiger partial charge in [0.05, 0.1) is 4.90 Å². The highest BCUT2D eigenvalue weighted by Gasteiger charge is 2.14. The molecule has 2 aromatic rings. The van der Waals surface area contributed by atoms with E-state index in [1.165, 1.54) is 0 Å². The molecule has 0 aliphatic rings. The Kier molecular flexibility index (Phi) is 4.20. The van der Waals surface area contributed by atoms with Gasteiger partial charge in [-0.1, -0.05) is 6.07 Å². The lowest BCUT2D eigenvalue weighted by atomic mass is 10.1. The molecule has 0 radical (unpaired) electrons. The highest BCUT2D eigenvalue weighted by Crippen LogP contribution is 2.14. The first-order valence-electron chi connectivity index (χ1n) is 6.24. The molecule has 1 N–H and O–H groups in total. The van der Waals surface area contributed by atoms with Crippen molar-refractivity contribution >= 4 is 10.0 Å². The second-order valence-corrected chi connectivity index (χ2v) is 6.38. The molecule has 0 unspecified atom stereocenters. The highest BCUT2D eigenvalue weighted by atomic mass is 32.2. The van der Waals surface area contributed by atoms with Crippen LogP contribution >= 0.6 is 0 Å². The molecule has 2 rings (SSSR count). The van der Waals surface area contributed by atoms with Gasteiger partial charge in [0.25, 0.3) is 0 Å². The summed E-state index contributed by atoms with van der Waals surface area (Å²) in [6.07, 6.45) is 0.366. The van der Waals surface area contributed by atoms with Gasteiger partial charge in [-0.15, -0.1) is 10.2 Å². The number of hydrogen-bond acceptors (Lipinski definition) is 5. The number of rotatable bonds is 5. The summed E-state index contributed by atoms with van der Waals surface area (Å²) >= 11 is 0. The maximum atomic E-state index is 12.1. The summed E-state index contributed by atoms with van der Waals surface area (Å²) in [6.45, 7) is 5.74. The van der Waals surface area contributed by atoms with Crippen LogP contribution in [0.5, 0.6) is 0 Å². The summed E-state index contributed by atoms with van der Waals surface area (Å²) in [6, 6.07) is 5.06. The van der Waals surface area contributed by atoms with Gasteiger partial charge in [-0.3, -0.25) is 0 Å². The second kappa shape index (κ2) is 5.72. The predicted molar refractivity (Wildman–Crippen MR) is 73.8 cm³/mol. The zero-order valence-electron chi connectivity index (χ0n) is 11.7. The minimum atomic E-state index is -3.50. The van der Waals surface area contributed by atoms with Gasteiger partial charge in [0.15, 0.2) is 0 Å². The molecule has 0 saturated heterocycles. The number of sulfonamides is 1. The summed E-state index contributed by atoms with van der Waals surface area (Å²) in [5.41, 5.74) is 2.01. The number of aromatic nitrogens is 2. The van der Waals surface area contributed by atoms with Gasteiger partial charge in [0.2, 0.25) is 21.8 Å². The van der Waals surface area contributed by atoms with Crippen LogP contribution in [0.2, 0.25) is 0 Å². The average Bonchev–Trinajstić information content (AvgIpc) is 2.78. The van der Waals surface area contributed by atoms with Gasteiger partial charge < -0.3 is 4.42 Å². The number of nitrogens with zero attached hydrogens (tertiary/aromatic N) is 2. The fourth-order valence-corrected chi connectivity index (χ4v) is 2.81. The van der Waals surface area contributed by atoms with Crippen LogP contribution in [-0.2, 0) is 16.4 Å². The molecule has 1 aromatic heterocycles. The van der Waals surface area contributed by atoms with E-state index >= 15 is 0 Å². The monoisotopic (exact) mass is 295 g/mol. The molecule has 1 heterocycles. The quantitative estimate of drug-likeness (QED) is 0.904. The molecule has 7 heteroatoms. The first kappa shape index (κ1) is 14.7. The highest BCUT2D eigenvalue weighted by molar-refractivity contribution is 7.89. The third-order valence-electron chi connectivity index (χ3n) is 2.99. The van der Waals surface area contributed by atoms with Crippen LogP contribution in [0.1, 0.15) is 22.9 Å². The van der Waals surface area contributed by atoms with Crippen LogP contribution in [0.25, 0.3) is 0 Å². The van der Waals surface area contributed by atoms with Crippen LogP contribution < -0.4 is 4.72 Å². The third kappa shape index (κ3) is 3.43. The molecule has 0 spiro atoms. The SMILES string of the molecule is Cc1nnc(CCNS(=O)(=O)c2ccc(C)c(C)c2)o1. The Morgan fingerprint density at radius 2 is 1.90 bits per heavy atom. The Bertz CT molecular complexity index is 707. The largest absolute Gasteiger partial charge is 0.426 e. The van der Waals surface area contributed by atoms with Gasteiger partial charge in [-0.05, 0) is 37.1 Å². The Hall–Kier alpha value is -1.73. The standard InChI is InChI=1S/C13H17N3O3S/c1-9-4-5-12(8-10(9)2)20(17,18)14-7-6-13-16-15-11(3)19-13/h4-5,8,14H,6-7H2,1-3H3. The third-order valence-corrected chi connectivity index (χ3v) is 4.45. The Labute approximate surface area is 118 Å². The lowest BCUT2D eigenvalue weighted by Gasteiger charge is -2.07. The van der Waals surface area contributed by atoms with Gasteiger partial charge in [-0.2, -0.15) is 0 Å². The molecular formula is C13H17N3O3S. The summed E-state index contributed by atoms with van der Waals surface area (Å²) in [5.74, 6) is 0.891. The molecule has 0 amide bonds. The average molecular weight is 295 g/mol. The van der Waals surface area contributed by atoms with E-state index in [4.69, 9.17) is 4.42 Å². The smallest absolute Gasteiger partial charge is 0.240 e. The second-order valence-electron chi connectivity index (χ2n) is 4.61. The molecule has 6 nitrogen and oxygen atoms in total. The number of aryl methyl sites for hydroxylation is 3. The maximum Gasteiger partial charge on any atom is 0.240 e. The van der Waals surface area contributed by atoms with E-state index in [2.05, 4.69) is 14.9 Å². The molecule has 0 saturated carbocycles. The van der Waals surface area contributed by atoms with Crippen LogP contribution in [0.4, 0.5) is 0 Å². The first-order chi connectivity index (χ1) is 9.38. The molecule has 20 heavy (non-hydrogen) atoms. The van der Waals surface area contributed by atoms with Crippen molar-refractivity contribution < 1.29 is 12.8 Å². The van der Waals surface area contributed by atoms with Gasteiger partial charge >= 0.3 is 0 Å². The van der Waals surface area contributed by atoms with Crippen molar-refractivity contribution in [1.82, 2.24) is 14.9 Å². The van der Waals surface area contributed by atoms with E-state index in [-0.39, 0.29) is 11.4 Å². The zero-order chi connectivity index (χ0) is 14.8. The number of hydrogen-bond donors (Lipinski definition) is 1. The summed E-state index contributed by atoms with van der Waals surface area (Å²) in [7, 11) is -3.50. The van der Waals surface area contributed by atoms with Crippen molar-refractivity contribution in [2.45, 2.75) is 32.1 Å². The molecule has 0 aliphatic carbocycles. The zero-order valence-corrected chi connectivity index (χ0v) is 12.5. The van der Waals surface area contributed by atoms with Gasteiger partial charge in [0, 0.05) is 19.9 Å². The van der Waals surface area contributed by atoms with E-state index in [1.54, 1.807) is 25.1 Å². The summed E-state index contributed by atoms with van der Waals surface area (Å²) in [4.78, 5) is 0.266. The molecular weight excluding hydrogens is 278 g/mol. The van der Waals surface area contributed by atoms with E-state index in [0.29, 0.717) is 18.2 Å². The Morgan fingerprint density at radius 3 is 2.50 bits per heavy atom. The summed E-state index contributed by atoms with van der Waals surface area (Å²) in [5, 5.41) is 7.50. The van der Waals surface area contributed by atoms with Crippen LogP contribution in [0.15, 0.2) is 27.5 Å². The lowest BCUT2D eigenvalue weighted by Crippen LogP contribution is -2.26. The van der Waals surface area contributed by atoms with Gasteiger partial charge in [-0.25, -0.2) is 13.1 Å². The van der Waals surface area contributed by atoms with Crippen LogP contribution in [0.3, 0.4) is 0 Å². The molecule has 0 atom stereocenters. The van der Waals surface area contributed by atoms with E-state index in [0.717, 1.165) is 11.1 Å². The van der Waals surface area contributed by atoms with Crippen LogP contribution in [0, 0.1) is 20.8 Å². The fourth-order valence-electron chi connectivity index (χ4n) is 1.70. The topological polar surface area (TPSA) is 85.1 Å².